The molecule has 2 saturated heterocycles. The number of rotatable bonds is 13. The third-order valence-corrected chi connectivity index (χ3v) is 25.2. The molecule has 2 bridgehead atoms. The monoisotopic (exact) mass is 598 g/mol. The van der Waals surface area contributed by atoms with Crippen molar-refractivity contribution < 1.29 is 19.0 Å². The Kier molecular flexibility index (Phi) is 10.4. The Bertz CT molecular complexity index is 747. The number of esters is 1. The van der Waals surface area contributed by atoms with Crippen molar-refractivity contribution in [3.8, 4) is 0 Å². The zero-order chi connectivity index (χ0) is 24.9. The molecule has 0 saturated carbocycles. The molecule has 0 aromatic carbocycles. The van der Waals surface area contributed by atoms with Crippen LogP contribution in [0, 0.1) is 5.92 Å². The molecule has 194 valence electrons. The van der Waals surface area contributed by atoms with Crippen LogP contribution in [0.5, 0.6) is 0 Å². The first-order valence-electron chi connectivity index (χ1n) is 14.0. The Morgan fingerprint density at radius 2 is 1.65 bits per heavy atom. The van der Waals surface area contributed by atoms with Crippen molar-refractivity contribution in [2.24, 2.45) is 5.92 Å². The van der Waals surface area contributed by atoms with Crippen molar-refractivity contribution >= 4 is 32.4 Å². The Balaban J connectivity index is 2.21. The minimum atomic E-state index is -2.78. The summed E-state index contributed by atoms with van der Waals surface area (Å²) in [5, 5.41) is 0. The molecule has 0 unspecified atom stereocenters. The molecule has 0 aromatic heterocycles. The van der Waals surface area contributed by atoms with Gasteiger partial charge < -0.3 is 0 Å². The quantitative estimate of drug-likeness (QED) is 0.162. The molecule has 2 aliphatic heterocycles. The SMILES string of the molecule is CCC[CH2][Sn]([CH2]CCC)([CH2]CCC)[C]1=C2[C@H](CC(C[Si](C)(C)C)=C1)[C@H]1CO[C@H](O1)[C@H]2OC(C)=O. The fraction of sp³-hybridized carbons (Fsp3) is 0.821. The van der Waals surface area contributed by atoms with Crippen LogP contribution in [-0.4, -0.2) is 57.5 Å². The number of fused-ring (bicyclic) bond motifs is 4. The number of hydrogen-bond acceptors (Lipinski definition) is 4. The van der Waals surface area contributed by atoms with Crippen LogP contribution >= 0.6 is 0 Å². The second kappa shape index (κ2) is 12.4. The predicted molar refractivity (Wildman–Crippen MR) is 146 cm³/mol. The molecule has 6 heteroatoms. The normalized spacial score (nSPS) is 27.0. The number of hydrogen-bond donors (Lipinski definition) is 0. The van der Waals surface area contributed by atoms with E-state index in [1.54, 1.807) is 9.16 Å². The van der Waals surface area contributed by atoms with Gasteiger partial charge in [0.2, 0.25) is 0 Å². The molecule has 2 heterocycles. The average Bonchev–Trinajstić information content (AvgIpc) is 3.20. The van der Waals surface area contributed by atoms with Crippen LogP contribution in [0.25, 0.3) is 0 Å². The van der Waals surface area contributed by atoms with Crippen LogP contribution in [0.15, 0.2) is 20.8 Å². The van der Waals surface area contributed by atoms with Gasteiger partial charge in [-0.25, -0.2) is 0 Å². The van der Waals surface area contributed by atoms with Crippen molar-refractivity contribution in [2.75, 3.05) is 6.61 Å². The number of unbranched alkanes of at least 4 members (excludes halogenated alkanes) is 3. The summed E-state index contributed by atoms with van der Waals surface area (Å²) in [5.41, 5.74) is 3.08. The molecule has 3 aliphatic rings. The van der Waals surface area contributed by atoms with Crippen molar-refractivity contribution in [2.45, 2.75) is 130 Å². The van der Waals surface area contributed by atoms with E-state index in [1.165, 1.54) is 70.4 Å². The third-order valence-electron chi connectivity index (χ3n) is 7.93. The van der Waals surface area contributed by atoms with Crippen LogP contribution < -0.4 is 0 Å². The van der Waals surface area contributed by atoms with Gasteiger partial charge in [0.25, 0.3) is 0 Å². The third kappa shape index (κ3) is 6.80. The standard InChI is InChI=1S/C16H23O4Si.3C4H9.Sn/c1-10(17)19-15-12-6-5-11(9-21(2,3)4)7-13(12)14-8-18-16(15)20-14;3*1-3-4-2;/h5,13-16H,7-9H2,1-4H3;3*1,3-4H2,2H3;/t13-,14+,15-,16+;;;;/m0..../s1. The molecule has 4 atom stereocenters. The topological polar surface area (TPSA) is 44.8 Å². The van der Waals surface area contributed by atoms with Gasteiger partial charge in [-0.2, -0.15) is 0 Å². The van der Waals surface area contributed by atoms with Gasteiger partial charge in [-0.05, 0) is 0 Å². The van der Waals surface area contributed by atoms with Crippen LogP contribution in [0.2, 0.25) is 39.0 Å². The van der Waals surface area contributed by atoms with E-state index >= 15 is 0 Å². The fourth-order valence-corrected chi connectivity index (χ4v) is 25.5. The van der Waals surface area contributed by atoms with E-state index in [4.69, 9.17) is 14.2 Å². The van der Waals surface area contributed by atoms with E-state index < -0.39 is 32.7 Å². The first-order chi connectivity index (χ1) is 16.1. The maximum atomic E-state index is 12.2. The zero-order valence-electron chi connectivity index (χ0n) is 23.0. The van der Waals surface area contributed by atoms with Crippen LogP contribution in [-0.2, 0) is 19.0 Å². The van der Waals surface area contributed by atoms with E-state index in [0.717, 1.165) is 6.42 Å². The maximum absolute atomic E-state index is 12.2. The molecule has 0 spiro atoms. The summed E-state index contributed by atoms with van der Waals surface area (Å²) in [5.74, 6) is 0.0944. The molecular formula is C28H50O4SiSn. The van der Waals surface area contributed by atoms with E-state index in [0.29, 0.717) is 12.5 Å². The van der Waals surface area contributed by atoms with Gasteiger partial charge >= 0.3 is 215 Å². The number of ether oxygens (including phenoxy) is 3. The Morgan fingerprint density at radius 1 is 1.06 bits per heavy atom. The van der Waals surface area contributed by atoms with E-state index in [-0.39, 0.29) is 18.2 Å². The molecule has 3 rings (SSSR count). The van der Waals surface area contributed by atoms with Gasteiger partial charge in [0.1, 0.15) is 0 Å². The van der Waals surface area contributed by atoms with Gasteiger partial charge in [0, 0.05) is 0 Å². The van der Waals surface area contributed by atoms with Crippen molar-refractivity contribution in [3.63, 3.8) is 0 Å². The van der Waals surface area contributed by atoms with Crippen molar-refractivity contribution in [1.82, 2.24) is 0 Å². The summed E-state index contributed by atoms with van der Waals surface area (Å²) in [6, 6.07) is 1.26. The summed E-state index contributed by atoms with van der Waals surface area (Å²) in [6.45, 7) is 16.7. The minimum absolute atomic E-state index is 0.111. The molecule has 0 amide bonds. The summed E-state index contributed by atoms with van der Waals surface area (Å²) in [4.78, 5) is 12.2. The Morgan fingerprint density at radius 3 is 2.15 bits per heavy atom. The van der Waals surface area contributed by atoms with Gasteiger partial charge in [-0.1, -0.05) is 0 Å². The molecule has 34 heavy (non-hydrogen) atoms. The van der Waals surface area contributed by atoms with Crippen molar-refractivity contribution in [1.29, 1.82) is 0 Å². The molecule has 0 radical (unpaired) electrons. The molecule has 1 aliphatic carbocycles. The van der Waals surface area contributed by atoms with E-state index in [1.807, 2.05) is 0 Å². The zero-order valence-corrected chi connectivity index (χ0v) is 26.9. The number of allylic oxidation sites excluding steroid dienone is 3. The van der Waals surface area contributed by atoms with Gasteiger partial charge in [0.05, 0.1) is 0 Å². The molecule has 4 nitrogen and oxygen atoms in total. The summed E-state index contributed by atoms with van der Waals surface area (Å²) in [6.07, 6.45) is 10.9. The summed E-state index contributed by atoms with van der Waals surface area (Å²) in [7, 11) is -1.26. The predicted octanol–water partition coefficient (Wildman–Crippen LogP) is 7.64. The van der Waals surface area contributed by atoms with Gasteiger partial charge in [-0.3, -0.25) is 0 Å². The molecule has 0 aromatic rings. The number of carbonyl (C=O) groups is 1. The van der Waals surface area contributed by atoms with Crippen LogP contribution in [0.1, 0.15) is 72.6 Å². The Hall–Kier alpha value is -0.114. The molecular weight excluding hydrogens is 547 g/mol. The van der Waals surface area contributed by atoms with Crippen LogP contribution in [0.3, 0.4) is 0 Å². The first kappa shape index (κ1) is 28.5. The second-order valence-corrected chi connectivity index (χ2v) is 30.8. The second-order valence-electron chi connectivity index (χ2n) is 12.2. The van der Waals surface area contributed by atoms with E-state index in [2.05, 4.69) is 46.5 Å². The molecule has 2 fully saturated rings. The molecule has 0 N–H and O–H groups in total. The van der Waals surface area contributed by atoms with Crippen LogP contribution in [0.4, 0.5) is 0 Å². The van der Waals surface area contributed by atoms with Crippen molar-refractivity contribution in [3.05, 3.63) is 20.8 Å². The average molecular weight is 598 g/mol. The fourth-order valence-electron chi connectivity index (χ4n) is 6.48. The Labute approximate surface area is 214 Å². The summed E-state index contributed by atoms with van der Waals surface area (Å²) < 4.78 is 24.5. The van der Waals surface area contributed by atoms with Gasteiger partial charge in [-0.15, -0.1) is 0 Å². The first-order valence-corrected chi connectivity index (χ1v) is 25.2. The van der Waals surface area contributed by atoms with Gasteiger partial charge in [0.15, 0.2) is 0 Å². The number of carbonyl (C=O) groups excluding carboxylic acids is 1. The van der Waals surface area contributed by atoms with E-state index in [9.17, 15) is 4.79 Å². The summed E-state index contributed by atoms with van der Waals surface area (Å²) >= 11 is -2.78.